The number of para-hydroxylation sites is 1. The van der Waals surface area contributed by atoms with Gasteiger partial charge in [0, 0.05) is 28.6 Å². The summed E-state index contributed by atoms with van der Waals surface area (Å²) >= 11 is 0. The molecule has 1 saturated heterocycles. The van der Waals surface area contributed by atoms with E-state index in [9.17, 15) is 9.59 Å². The lowest BCUT2D eigenvalue weighted by molar-refractivity contribution is -0.154. The molecule has 0 unspecified atom stereocenters. The number of fused-ring (bicyclic) bond motifs is 7. The van der Waals surface area contributed by atoms with E-state index >= 15 is 0 Å². The van der Waals surface area contributed by atoms with Crippen LogP contribution in [0.2, 0.25) is 0 Å². The molecule has 24 heavy (non-hydrogen) atoms. The van der Waals surface area contributed by atoms with Crippen LogP contribution in [0.3, 0.4) is 0 Å². The number of hydrogen-bond acceptors (Lipinski definition) is 3. The molecule has 1 saturated carbocycles. The molecule has 3 aliphatic rings. The van der Waals surface area contributed by atoms with Gasteiger partial charge in [0.25, 0.3) is 0 Å². The fourth-order valence-electron chi connectivity index (χ4n) is 5.48. The number of nitrogens with zero attached hydrogens (tertiary/aromatic N) is 1. The van der Waals surface area contributed by atoms with Gasteiger partial charge >= 0.3 is 5.97 Å². The summed E-state index contributed by atoms with van der Waals surface area (Å²) in [6.45, 7) is 2.76. The molecule has 0 bridgehead atoms. The highest BCUT2D eigenvalue weighted by Gasteiger charge is 2.85. The Balaban J connectivity index is 1.73. The highest BCUT2D eigenvalue weighted by atomic mass is 16.5. The molecule has 2 fully saturated rings. The van der Waals surface area contributed by atoms with Gasteiger partial charge in [0.2, 0.25) is 5.91 Å². The number of rotatable bonds is 2. The summed E-state index contributed by atoms with van der Waals surface area (Å²) in [7, 11) is 1.38. The smallest absolute Gasteiger partial charge is 0.322 e. The van der Waals surface area contributed by atoms with Gasteiger partial charge in [0.15, 0.2) is 5.41 Å². The minimum absolute atomic E-state index is 0.0366. The van der Waals surface area contributed by atoms with E-state index in [-0.39, 0.29) is 23.3 Å². The van der Waals surface area contributed by atoms with Crippen LogP contribution in [0.5, 0.6) is 0 Å². The van der Waals surface area contributed by atoms with E-state index in [0.29, 0.717) is 13.0 Å². The number of hydrogen-bond donors (Lipinski definition) is 1. The Morgan fingerprint density at radius 1 is 1.42 bits per heavy atom. The minimum atomic E-state index is -0.958. The number of carbonyl (C=O) groups excluding carboxylic acids is 2. The largest absolute Gasteiger partial charge is 0.468 e. The van der Waals surface area contributed by atoms with Crippen molar-refractivity contribution >= 4 is 22.8 Å². The first kappa shape index (κ1) is 14.1. The average Bonchev–Trinajstić information content (AvgIpc) is 3.09. The van der Waals surface area contributed by atoms with E-state index in [1.165, 1.54) is 18.1 Å². The second-order valence-corrected chi connectivity index (χ2v) is 7.30. The lowest BCUT2D eigenvalue weighted by Gasteiger charge is -2.35. The van der Waals surface area contributed by atoms with Gasteiger partial charge in [-0.25, -0.2) is 0 Å². The minimum Gasteiger partial charge on any atom is -0.468 e. The van der Waals surface area contributed by atoms with Gasteiger partial charge < -0.3 is 14.6 Å². The molecule has 2 aromatic rings. The van der Waals surface area contributed by atoms with E-state index in [2.05, 4.69) is 24.0 Å². The molecule has 1 aliphatic carbocycles. The van der Waals surface area contributed by atoms with Gasteiger partial charge in [0.05, 0.1) is 13.2 Å². The number of nitrogens with one attached hydrogen (secondary N) is 1. The predicted octanol–water partition coefficient (Wildman–Crippen LogP) is 2.57. The topological polar surface area (TPSA) is 62.4 Å². The summed E-state index contributed by atoms with van der Waals surface area (Å²) in [5, 5.41) is 1.24. The molecule has 1 aromatic heterocycles. The Morgan fingerprint density at radius 3 is 2.96 bits per heavy atom. The van der Waals surface area contributed by atoms with Crippen LogP contribution in [0, 0.1) is 10.8 Å². The molecule has 2 aliphatic heterocycles. The highest BCUT2D eigenvalue weighted by molar-refractivity contribution is 6.10. The standard InChI is InChI=1S/C19H20N2O3/c1-3-18-10-19(18,17(23)24-2)16(22)21-9-8-12-11-6-4-5-7-13(11)20-14(12)15(18)21/h4-7,15,20H,3,8-10H2,1-2H3/t15-,18+,19+/m1/s1. The maximum atomic E-state index is 13.1. The van der Waals surface area contributed by atoms with Crippen molar-refractivity contribution < 1.29 is 14.3 Å². The number of amides is 1. The summed E-state index contributed by atoms with van der Waals surface area (Å²) in [6.07, 6.45) is 2.24. The number of benzene rings is 1. The average molecular weight is 324 g/mol. The van der Waals surface area contributed by atoms with Crippen molar-refractivity contribution in [2.75, 3.05) is 13.7 Å². The molecule has 5 nitrogen and oxygen atoms in total. The lowest BCUT2D eigenvalue weighted by atomic mass is 9.83. The third-order valence-electron chi connectivity index (χ3n) is 6.65. The van der Waals surface area contributed by atoms with E-state index in [0.717, 1.165) is 24.1 Å². The second kappa shape index (κ2) is 4.21. The molecule has 3 atom stereocenters. The Kier molecular flexibility index (Phi) is 2.47. The number of piperidine rings is 1. The van der Waals surface area contributed by atoms with Crippen LogP contribution in [0.25, 0.3) is 10.9 Å². The molecule has 1 aromatic carbocycles. The summed E-state index contributed by atoms with van der Waals surface area (Å²) in [5.41, 5.74) is 2.26. The maximum Gasteiger partial charge on any atom is 0.322 e. The molecule has 1 N–H and O–H groups in total. The third-order valence-corrected chi connectivity index (χ3v) is 6.65. The number of H-pyrrole nitrogens is 1. The lowest BCUT2D eigenvalue weighted by Crippen LogP contribution is -2.40. The van der Waals surface area contributed by atoms with Gasteiger partial charge in [-0.05, 0) is 30.9 Å². The molecule has 5 rings (SSSR count). The molecule has 124 valence electrons. The second-order valence-electron chi connectivity index (χ2n) is 7.30. The van der Waals surface area contributed by atoms with E-state index < -0.39 is 5.41 Å². The fourth-order valence-corrected chi connectivity index (χ4v) is 5.48. The predicted molar refractivity (Wildman–Crippen MR) is 88.2 cm³/mol. The summed E-state index contributed by atoms with van der Waals surface area (Å²) in [4.78, 5) is 31.1. The van der Waals surface area contributed by atoms with Crippen molar-refractivity contribution in [2.45, 2.75) is 32.2 Å². The van der Waals surface area contributed by atoms with Gasteiger partial charge in [-0.2, -0.15) is 0 Å². The Bertz CT molecular complexity index is 901. The number of methoxy groups -OCH3 is 1. The first-order valence-electron chi connectivity index (χ1n) is 8.59. The monoisotopic (exact) mass is 324 g/mol. The number of ether oxygens (including phenoxy) is 1. The Morgan fingerprint density at radius 2 is 2.21 bits per heavy atom. The number of esters is 1. The molecule has 3 heterocycles. The Labute approximate surface area is 140 Å². The van der Waals surface area contributed by atoms with Crippen LogP contribution in [-0.2, 0) is 20.7 Å². The van der Waals surface area contributed by atoms with Gasteiger partial charge in [-0.15, -0.1) is 0 Å². The van der Waals surface area contributed by atoms with Gasteiger partial charge in [-0.3, -0.25) is 9.59 Å². The van der Waals surface area contributed by atoms with Crippen LogP contribution >= 0.6 is 0 Å². The fraction of sp³-hybridized carbons (Fsp3) is 0.474. The highest BCUT2D eigenvalue weighted by Crippen LogP contribution is 2.78. The Hall–Kier alpha value is -2.30. The number of aromatic nitrogens is 1. The van der Waals surface area contributed by atoms with Crippen molar-refractivity contribution in [3.05, 3.63) is 35.5 Å². The van der Waals surface area contributed by atoms with Crippen LogP contribution < -0.4 is 0 Å². The quantitative estimate of drug-likeness (QED) is 0.682. The molecule has 0 radical (unpaired) electrons. The maximum absolute atomic E-state index is 13.1. The molecule has 1 amide bonds. The molecule has 5 heteroatoms. The molecular weight excluding hydrogens is 304 g/mol. The van der Waals surface area contributed by atoms with Gasteiger partial charge in [-0.1, -0.05) is 25.1 Å². The van der Waals surface area contributed by atoms with Crippen LogP contribution in [0.15, 0.2) is 24.3 Å². The van der Waals surface area contributed by atoms with E-state index in [1.807, 2.05) is 17.0 Å². The number of carbonyl (C=O) groups is 2. The molecular formula is C19H20N2O3. The van der Waals surface area contributed by atoms with Crippen molar-refractivity contribution in [3.8, 4) is 0 Å². The van der Waals surface area contributed by atoms with Crippen molar-refractivity contribution in [1.82, 2.24) is 9.88 Å². The zero-order chi connectivity index (χ0) is 16.7. The van der Waals surface area contributed by atoms with E-state index in [1.54, 1.807) is 0 Å². The van der Waals surface area contributed by atoms with Crippen molar-refractivity contribution in [3.63, 3.8) is 0 Å². The van der Waals surface area contributed by atoms with Crippen molar-refractivity contribution in [1.29, 1.82) is 0 Å². The van der Waals surface area contributed by atoms with Crippen LogP contribution in [0.4, 0.5) is 0 Å². The van der Waals surface area contributed by atoms with Crippen LogP contribution in [0.1, 0.15) is 37.1 Å². The van der Waals surface area contributed by atoms with E-state index in [4.69, 9.17) is 4.74 Å². The first-order valence-corrected chi connectivity index (χ1v) is 8.59. The number of aromatic amines is 1. The molecule has 0 spiro atoms. The zero-order valence-corrected chi connectivity index (χ0v) is 13.9. The van der Waals surface area contributed by atoms with Crippen LogP contribution in [-0.4, -0.2) is 35.4 Å². The summed E-state index contributed by atoms with van der Waals surface area (Å²) in [5.74, 6) is -0.396. The zero-order valence-electron chi connectivity index (χ0n) is 13.9. The summed E-state index contributed by atoms with van der Waals surface area (Å²) in [6, 6.07) is 8.25. The van der Waals surface area contributed by atoms with Crippen molar-refractivity contribution in [2.24, 2.45) is 10.8 Å². The normalized spacial score (nSPS) is 33.2. The SMILES string of the molecule is CC[C@@]12C[C@@]1(C(=O)OC)C(=O)N1CCc3c([nH]c4ccccc34)[C@@H]12. The summed E-state index contributed by atoms with van der Waals surface area (Å²) < 4.78 is 5.03. The first-order chi connectivity index (χ1) is 11.6. The third kappa shape index (κ3) is 1.27. The van der Waals surface area contributed by atoms with Gasteiger partial charge in [0.1, 0.15) is 0 Å².